The zero-order valence-electron chi connectivity index (χ0n) is 11.5. The summed E-state index contributed by atoms with van der Waals surface area (Å²) in [6, 6.07) is 1.40. The molecule has 0 spiro atoms. The van der Waals surface area contributed by atoms with Gasteiger partial charge in [0.1, 0.15) is 0 Å². The highest BCUT2D eigenvalue weighted by Gasteiger charge is 2.22. The Kier molecular flexibility index (Phi) is 2.92. The van der Waals surface area contributed by atoms with Gasteiger partial charge >= 0.3 is 0 Å². The Morgan fingerprint density at radius 3 is 2.67 bits per heavy atom. The molecule has 0 aliphatic rings. The van der Waals surface area contributed by atoms with Crippen LogP contribution in [0.2, 0.25) is 0 Å². The second kappa shape index (κ2) is 4.15. The number of nitrogens with zero attached hydrogens (tertiary/aromatic N) is 2. The first-order chi connectivity index (χ1) is 8.34. The topological polar surface area (TPSA) is 59.4 Å². The monoisotopic (exact) mass is 249 g/mol. The standard InChI is InChI=1S/C13H19N3O2/c1-6-18-9-7-10(17)16-12(14-9)8(2)11(15-16)13(3,4)5/h7,15H,6H2,1-5H3. The molecule has 2 aromatic rings. The predicted molar refractivity (Wildman–Crippen MR) is 70.4 cm³/mol. The quantitative estimate of drug-likeness (QED) is 0.886. The van der Waals surface area contributed by atoms with E-state index in [0.29, 0.717) is 18.1 Å². The van der Waals surface area contributed by atoms with Gasteiger partial charge in [-0.15, -0.1) is 0 Å². The van der Waals surface area contributed by atoms with Gasteiger partial charge in [0.2, 0.25) is 5.88 Å². The number of hydrogen-bond acceptors (Lipinski definition) is 3. The lowest BCUT2D eigenvalue weighted by molar-refractivity contribution is 0.326. The minimum Gasteiger partial charge on any atom is -0.478 e. The van der Waals surface area contributed by atoms with Crippen molar-refractivity contribution in [3.05, 3.63) is 27.7 Å². The highest BCUT2D eigenvalue weighted by molar-refractivity contribution is 5.51. The number of aryl methyl sites for hydroxylation is 1. The lowest BCUT2D eigenvalue weighted by Gasteiger charge is -2.16. The van der Waals surface area contributed by atoms with Crippen LogP contribution in [0.3, 0.4) is 0 Å². The molecule has 0 aliphatic carbocycles. The summed E-state index contributed by atoms with van der Waals surface area (Å²) in [5.74, 6) is 0.380. The fourth-order valence-corrected chi connectivity index (χ4v) is 2.08. The van der Waals surface area contributed by atoms with E-state index in [-0.39, 0.29) is 11.0 Å². The van der Waals surface area contributed by atoms with Crippen molar-refractivity contribution in [1.29, 1.82) is 0 Å². The average molecular weight is 249 g/mol. The van der Waals surface area contributed by atoms with Crippen molar-refractivity contribution < 1.29 is 4.74 Å². The third-order valence-corrected chi connectivity index (χ3v) is 2.87. The number of aromatic nitrogens is 3. The van der Waals surface area contributed by atoms with Crippen LogP contribution in [-0.2, 0) is 5.41 Å². The van der Waals surface area contributed by atoms with Crippen molar-refractivity contribution in [3.63, 3.8) is 0 Å². The Morgan fingerprint density at radius 2 is 2.11 bits per heavy atom. The van der Waals surface area contributed by atoms with Crippen LogP contribution in [0.4, 0.5) is 0 Å². The Balaban J connectivity index is 2.73. The first-order valence-electron chi connectivity index (χ1n) is 6.10. The Labute approximate surface area is 106 Å². The molecule has 2 aromatic heterocycles. The third kappa shape index (κ3) is 2.00. The van der Waals surface area contributed by atoms with Crippen LogP contribution >= 0.6 is 0 Å². The molecule has 0 fully saturated rings. The lowest BCUT2D eigenvalue weighted by Crippen LogP contribution is -2.17. The van der Waals surface area contributed by atoms with Gasteiger partial charge in [-0.05, 0) is 13.8 Å². The van der Waals surface area contributed by atoms with Crippen LogP contribution in [0.25, 0.3) is 5.65 Å². The molecule has 0 radical (unpaired) electrons. The Bertz CT molecular complexity index is 632. The molecule has 98 valence electrons. The van der Waals surface area contributed by atoms with E-state index in [9.17, 15) is 4.79 Å². The third-order valence-electron chi connectivity index (χ3n) is 2.87. The molecule has 0 saturated heterocycles. The average Bonchev–Trinajstić information content (AvgIpc) is 2.57. The molecule has 0 saturated carbocycles. The van der Waals surface area contributed by atoms with E-state index in [1.165, 1.54) is 10.6 Å². The van der Waals surface area contributed by atoms with Crippen molar-refractivity contribution in [2.45, 2.75) is 40.0 Å². The van der Waals surface area contributed by atoms with E-state index in [0.717, 1.165) is 11.3 Å². The predicted octanol–water partition coefficient (Wildman–Crippen LogP) is 2.03. The molecule has 0 bridgehead atoms. The van der Waals surface area contributed by atoms with Gasteiger partial charge in [0.25, 0.3) is 5.56 Å². The fraction of sp³-hybridized carbons (Fsp3) is 0.538. The molecule has 2 rings (SSSR count). The number of H-pyrrole nitrogens is 1. The first kappa shape index (κ1) is 12.7. The second-order valence-electron chi connectivity index (χ2n) is 5.39. The summed E-state index contributed by atoms with van der Waals surface area (Å²) in [5, 5.41) is 3.13. The SMILES string of the molecule is CCOc1cc(=O)n2[nH]c(C(C)(C)C)c(C)c2n1. The van der Waals surface area contributed by atoms with Crippen LogP contribution in [0.15, 0.2) is 10.9 Å². The molecule has 0 aromatic carbocycles. The summed E-state index contributed by atoms with van der Waals surface area (Å²) in [6.45, 7) is 10.6. The van der Waals surface area contributed by atoms with Crippen LogP contribution < -0.4 is 10.3 Å². The molecule has 2 heterocycles. The second-order valence-corrected chi connectivity index (χ2v) is 5.39. The van der Waals surface area contributed by atoms with E-state index in [2.05, 4.69) is 30.9 Å². The maximum atomic E-state index is 12.0. The van der Waals surface area contributed by atoms with E-state index >= 15 is 0 Å². The zero-order valence-corrected chi connectivity index (χ0v) is 11.5. The summed E-state index contributed by atoms with van der Waals surface area (Å²) < 4.78 is 6.78. The maximum Gasteiger partial charge on any atom is 0.276 e. The van der Waals surface area contributed by atoms with E-state index in [1.807, 2.05) is 13.8 Å². The van der Waals surface area contributed by atoms with Gasteiger partial charge in [-0.2, -0.15) is 4.98 Å². The number of fused-ring (bicyclic) bond motifs is 1. The number of aromatic amines is 1. The van der Waals surface area contributed by atoms with Gasteiger partial charge in [-0.3, -0.25) is 9.89 Å². The van der Waals surface area contributed by atoms with E-state index < -0.39 is 0 Å². The lowest BCUT2D eigenvalue weighted by atomic mass is 9.90. The van der Waals surface area contributed by atoms with Crippen molar-refractivity contribution in [2.75, 3.05) is 6.61 Å². The molecule has 0 unspecified atom stereocenters. The van der Waals surface area contributed by atoms with Crippen molar-refractivity contribution in [3.8, 4) is 5.88 Å². The molecule has 5 heteroatoms. The number of nitrogens with one attached hydrogen (secondary N) is 1. The van der Waals surface area contributed by atoms with Crippen molar-refractivity contribution in [1.82, 2.24) is 14.6 Å². The Hall–Kier alpha value is -1.78. The molecule has 0 atom stereocenters. The zero-order chi connectivity index (χ0) is 13.5. The summed E-state index contributed by atoms with van der Waals surface area (Å²) in [5.41, 5.74) is 2.43. The minimum atomic E-state index is -0.151. The van der Waals surface area contributed by atoms with Crippen LogP contribution in [0, 0.1) is 6.92 Å². The minimum absolute atomic E-state index is 0.0595. The van der Waals surface area contributed by atoms with Gasteiger partial charge in [-0.1, -0.05) is 20.8 Å². The van der Waals surface area contributed by atoms with E-state index in [1.54, 1.807) is 0 Å². The highest BCUT2D eigenvalue weighted by atomic mass is 16.5. The van der Waals surface area contributed by atoms with Crippen LogP contribution in [0.1, 0.15) is 39.0 Å². The molecule has 1 N–H and O–H groups in total. The summed E-state index contributed by atoms with van der Waals surface area (Å²) in [7, 11) is 0. The van der Waals surface area contributed by atoms with Gasteiger partial charge < -0.3 is 4.74 Å². The van der Waals surface area contributed by atoms with E-state index in [4.69, 9.17) is 4.74 Å². The highest BCUT2D eigenvalue weighted by Crippen LogP contribution is 2.26. The molecular formula is C13H19N3O2. The largest absolute Gasteiger partial charge is 0.478 e. The van der Waals surface area contributed by atoms with Gasteiger partial charge in [-0.25, -0.2) is 4.52 Å². The summed E-state index contributed by atoms with van der Waals surface area (Å²) in [4.78, 5) is 16.3. The van der Waals surface area contributed by atoms with Crippen molar-refractivity contribution in [2.24, 2.45) is 0 Å². The molecule has 18 heavy (non-hydrogen) atoms. The number of rotatable bonds is 2. The summed E-state index contributed by atoms with van der Waals surface area (Å²) >= 11 is 0. The summed E-state index contributed by atoms with van der Waals surface area (Å²) in [6.07, 6.45) is 0. The molecule has 0 aliphatic heterocycles. The van der Waals surface area contributed by atoms with Crippen molar-refractivity contribution >= 4 is 5.65 Å². The van der Waals surface area contributed by atoms with Crippen LogP contribution in [0.5, 0.6) is 5.88 Å². The smallest absolute Gasteiger partial charge is 0.276 e. The normalized spacial score (nSPS) is 12.1. The van der Waals surface area contributed by atoms with Gasteiger partial charge in [0, 0.05) is 16.7 Å². The van der Waals surface area contributed by atoms with Gasteiger partial charge in [0.15, 0.2) is 5.65 Å². The molecular weight excluding hydrogens is 230 g/mol. The Morgan fingerprint density at radius 1 is 1.44 bits per heavy atom. The van der Waals surface area contributed by atoms with Gasteiger partial charge in [0.05, 0.1) is 12.7 Å². The van der Waals surface area contributed by atoms with Crippen LogP contribution in [-0.4, -0.2) is 21.2 Å². The number of hydrogen-bond donors (Lipinski definition) is 1. The molecule has 5 nitrogen and oxygen atoms in total. The molecule has 0 amide bonds. The first-order valence-corrected chi connectivity index (χ1v) is 6.10. The number of ether oxygens (including phenoxy) is 1. The maximum absolute atomic E-state index is 12.0. The fourth-order valence-electron chi connectivity index (χ4n) is 2.08.